The van der Waals surface area contributed by atoms with Crippen molar-refractivity contribution in [2.45, 2.75) is 38.3 Å². The summed E-state index contributed by atoms with van der Waals surface area (Å²) in [5.74, 6) is 0. The van der Waals surface area contributed by atoms with Crippen molar-refractivity contribution in [1.82, 2.24) is 15.5 Å². The van der Waals surface area contributed by atoms with Crippen molar-refractivity contribution in [1.29, 1.82) is 0 Å². The van der Waals surface area contributed by atoms with Gasteiger partial charge in [-0.2, -0.15) is 0 Å². The van der Waals surface area contributed by atoms with Crippen LogP contribution in [0.15, 0.2) is 30.3 Å². The van der Waals surface area contributed by atoms with Gasteiger partial charge in [0.15, 0.2) is 0 Å². The monoisotopic (exact) mass is 319 g/mol. The highest BCUT2D eigenvalue weighted by Gasteiger charge is 2.39. The van der Waals surface area contributed by atoms with Gasteiger partial charge in [-0.05, 0) is 32.5 Å². The molecule has 0 heterocycles. The second-order valence-electron chi connectivity index (χ2n) is 7.00. The van der Waals surface area contributed by atoms with Crippen LogP contribution in [-0.2, 0) is 0 Å². The molecule has 3 unspecified atom stereocenters. The van der Waals surface area contributed by atoms with Crippen LogP contribution < -0.4 is 10.6 Å². The minimum atomic E-state index is -0.197. The molecule has 5 heteroatoms. The van der Waals surface area contributed by atoms with Crippen molar-refractivity contribution in [3.8, 4) is 0 Å². The zero-order valence-corrected chi connectivity index (χ0v) is 14.4. The van der Waals surface area contributed by atoms with E-state index in [9.17, 15) is 9.90 Å². The molecule has 1 fully saturated rings. The summed E-state index contributed by atoms with van der Waals surface area (Å²) in [5, 5.41) is 15.6. The SMILES string of the molecule is CN(C)C(CNC(=O)NC1CCCC1(C)CO)c1ccccc1. The van der Waals surface area contributed by atoms with Crippen LogP contribution in [-0.4, -0.2) is 49.3 Å². The van der Waals surface area contributed by atoms with Gasteiger partial charge in [0.25, 0.3) is 0 Å². The topological polar surface area (TPSA) is 64.6 Å². The van der Waals surface area contributed by atoms with E-state index in [0.29, 0.717) is 6.54 Å². The van der Waals surface area contributed by atoms with E-state index in [2.05, 4.69) is 27.7 Å². The predicted octanol–water partition coefficient (Wildman–Crippen LogP) is 2.14. The number of hydrogen-bond donors (Lipinski definition) is 3. The summed E-state index contributed by atoms with van der Waals surface area (Å²) in [5.41, 5.74) is 0.983. The molecule has 1 aromatic rings. The maximum atomic E-state index is 12.2. The lowest BCUT2D eigenvalue weighted by atomic mass is 9.86. The first kappa shape index (κ1) is 17.8. The molecule has 2 rings (SSSR count). The molecular weight excluding hydrogens is 290 g/mol. The summed E-state index contributed by atoms with van der Waals surface area (Å²) in [7, 11) is 4.02. The fraction of sp³-hybridized carbons (Fsp3) is 0.611. The van der Waals surface area contributed by atoms with E-state index in [0.717, 1.165) is 19.3 Å². The second-order valence-corrected chi connectivity index (χ2v) is 7.00. The molecule has 0 spiro atoms. The van der Waals surface area contributed by atoms with Crippen LogP contribution in [0.2, 0.25) is 0 Å². The summed E-state index contributed by atoms with van der Waals surface area (Å²) in [6.45, 7) is 2.70. The van der Waals surface area contributed by atoms with Crippen molar-refractivity contribution in [3.63, 3.8) is 0 Å². The van der Waals surface area contributed by atoms with E-state index in [1.165, 1.54) is 5.56 Å². The number of carbonyl (C=O) groups excluding carboxylic acids is 1. The molecule has 3 atom stereocenters. The number of carbonyl (C=O) groups is 1. The Hall–Kier alpha value is -1.59. The molecule has 0 bridgehead atoms. The van der Waals surface area contributed by atoms with Crippen molar-refractivity contribution >= 4 is 6.03 Å². The first-order chi connectivity index (χ1) is 11.0. The Morgan fingerprint density at radius 1 is 1.39 bits per heavy atom. The van der Waals surface area contributed by atoms with Crippen LogP contribution in [0.4, 0.5) is 4.79 Å². The molecule has 23 heavy (non-hydrogen) atoms. The van der Waals surface area contributed by atoms with Gasteiger partial charge in [0.05, 0.1) is 12.6 Å². The van der Waals surface area contributed by atoms with E-state index in [1.54, 1.807) is 0 Å². The number of rotatable bonds is 6. The quantitative estimate of drug-likeness (QED) is 0.753. The maximum absolute atomic E-state index is 12.2. The molecule has 128 valence electrons. The molecule has 0 aliphatic heterocycles. The van der Waals surface area contributed by atoms with Crippen LogP contribution >= 0.6 is 0 Å². The van der Waals surface area contributed by atoms with Gasteiger partial charge >= 0.3 is 6.03 Å². The van der Waals surface area contributed by atoms with E-state index in [-0.39, 0.29) is 30.1 Å². The van der Waals surface area contributed by atoms with Crippen molar-refractivity contribution in [2.75, 3.05) is 27.2 Å². The zero-order valence-electron chi connectivity index (χ0n) is 14.4. The summed E-state index contributed by atoms with van der Waals surface area (Å²) >= 11 is 0. The van der Waals surface area contributed by atoms with Crippen LogP contribution in [0.3, 0.4) is 0 Å². The number of aliphatic hydroxyl groups excluding tert-OH is 1. The Bertz CT molecular complexity index is 506. The van der Waals surface area contributed by atoms with Gasteiger partial charge in [-0.1, -0.05) is 43.7 Å². The summed E-state index contributed by atoms with van der Waals surface area (Å²) < 4.78 is 0. The van der Waals surface area contributed by atoms with E-state index in [4.69, 9.17) is 0 Å². The Morgan fingerprint density at radius 2 is 2.09 bits per heavy atom. The standard InChI is InChI=1S/C18H29N3O2/c1-18(13-22)11-7-10-16(18)20-17(23)19-12-15(21(2)3)14-8-5-4-6-9-14/h4-6,8-9,15-16,22H,7,10-13H2,1-3H3,(H2,19,20,23). The minimum absolute atomic E-state index is 0.0435. The number of nitrogens with one attached hydrogen (secondary N) is 2. The average molecular weight is 319 g/mol. The third-order valence-electron chi connectivity index (χ3n) is 5.01. The Kier molecular flexibility index (Phi) is 6.02. The van der Waals surface area contributed by atoms with Gasteiger partial charge in [-0.15, -0.1) is 0 Å². The number of benzene rings is 1. The molecular formula is C18H29N3O2. The lowest BCUT2D eigenvalue weighted by Crippen LogP contribution is -2.49. The van der Waals surface area contributed by atoms with Crippen LogP contribution in [0, 0.1) is 5.41 Å². The number of hydrogen-bond acceptors (Lipinski definition) is 3. The Labute approximate surface area is 139 Å². The summed E-state index contributed by atoms with van der Waals surface area (Å²) in [6.07, 6.45) is 2.94. The molecule has 3 N–H and O–H groups in total. The molecule has 1 aliphatic carbocycles. The average Bonchev–Trinajstić information content (AvgIpc) is 2.90. The highest BCUT2D eigenvalue weighted by atomic mass is 16.3. The van der Waals surface area contributed by atoms with Crippen molar-refractivity contribution in [2.24, 2.45) is 5.41 Å². The molecule has 0 radical (unpaired) electrons. The predicted molar refractivity (Wildman–Crippen MR) is 92.2 cm³/mol. The van der Waals surface area contributed by atoms with Gasteiger partial charge in [0.2, 0.25) is 0 Å². The molecule has 1 aliphatic rings. The molecule has 2 amide bonds. The summed E-state index contributed by atoms with van der Waals surface area (Å²) in [6, 6.07) is 10.2. The van der Waals surface area contributed by atoms with E-state index < -0.39 is 0 Å². The normalized spacial score (nSPS) is 25.3. The van der Waals surface area contributed by atoms with Crippen LogP contribution in [0.5, 0.6) is 0 Å². The lowest BCUT2D eigenvalue weighted by molar-refractivity contribution is 0.121. The number of likely N-dealkylation sites (N-methyl/N-ethyl adjacent to an activating group) is 1. The second kappa shape index (κ2) is 7.79. The first-order valence-corrected chi connectivity index (χ1v) is 8.33. The van der Waals surface area contributed by atoms with E-state index in [1.807, 2.05) is 39.2 Å². The molecule has 1 saturated carbocycles. The van der Waals surface area contributed by atoms with Gasteiger partial charge in [-0.25, -0.2) is 4.79 Å². The molecule has 5 nitrogen and oxygen atoms in total. The largest absolute Gasteiger partial charge is 0.396 e. The fourth-order valence-electron chi connectivity index (χ4n) is 3.34. The number of nitrogens with zero attached hydrogens (tertiary/aromatic N) is 1. The highest BCUT2D eigenvalue weighted by molar-refractivity contribution is 5.74. The van der Waals surface area contributed by atoms with Gasteiger partial charge in [-0.3, -0.25) is 0 Å². The third-order valence-corrected chi connectivity index (χ3v) is 5.01. The smallest absolute Gasteiger partial charge is 0.315 e. The lowest BCUT2D eigenvalue weighted by Gasteiger charge is -2.31. The molecule has 0 saturated heterocycles. The zero-order chi connectivity index (χ0) is 16.9. The van der Waals surface area contributed by atoms with Gasteiger partial charge < -0.3 is 20.6 Å². The minimum Gasteiger partial charge on any atom is -0.396 e. The van der Waals surface area contributed by atoms with Crippen molar-refractivity contribution in [3.05, 3.63) is 35.9 Å². The Morgan fingerprint density at radius 3 is 2.70 bits per heavy atom. The van der Waals surface area contributed by atoms with Gasteiger partial charge in [0.1, 0.15) is 0 Å². The summed E-state index contributed by atoms with van der Waals surface area (Å²) in [4.78, 5) is 14.3. The van der Waals surface area contributed by atoms with Gasteiger partial charge in [0, 0.05) is 18.0 Å². The number of urea groups is 1. The van der Waals surface area contributed by atoms with Crippen molar-refractivity contribution < 1.29 is 9.90 Å². The first-order valence-electron chi connectivity index (χ1n) is 8.33. The third kappa shape index (κ3) is 4.45. The number of aliphatic hydroxyl groups is 1. The molecule has 1 aromatic carbocycles. The fourth-order valence-corrected chi connectivity index (χ4v) is 3.34. The Balaban J connectivity index is 1.90. The van der Waals surface area contributed by atoms with Crippen LogP contribution in [0.1, 0.15) is 37.8 Å². The molecule has 0 aromatic heterocycles. The number of amides is 2. The highest BCUT2D eigenvalue weighted by Crippen LogP contribution is 2.37. The van der Waals surface area contributed by atoms with Crippen LogP contribution in [0.25, 0.3) is 0 Å². The van der Waals surface area contributed by atoms with E-state index >= 15 is 0 Å². The maximum Gasteiger partial charge on any atom is 0.315 e.